The number of guanidine groups is 1. The lowest BCUT2D eigenvalue weighted by Crippen LogP contribution is -2.53. The van der Waals surface area contributed by atoms with Gasteiger partial charge in [0.1, 0.15) is 12.1 Å². The van der Waals surface area contributed by atoms with E-state index in [2.05, 4.69) is 38.9 Å². The standard InChI is InChI=1S/C19H34N8O6S3/c20-19(21)23-2-1-12(25-15(29)11-27-4-7-35-36-8-5-27)17(32)24-10-14(28)26-13(9-16(30)31)18(33)22-3-6-34/h12-13,34H,1-11H2,(H,22,33)(H,24,32)(H,25,29)(H,26,28)(H,30,31)(H4,20,21,23)/t12-,13+/m1/s1. The molecule has 9 N–H and O–H groups in total. The summed E-state index contributed by atoms with van der Waals surface area (Å²) in [5, 5.41) is 18.8. The van der Waals surface area contributed by atoms with Gasteiger partial charge >= 0.3 is 5.97 Å². The van der Waals surface area contributed by atoms with Gasteiger partial charge in [0.15, 0.2) is 5.96 Å². The van der Waals surface area contributed by atoms with Crippen LogP contribution in [-0.4, -0.2) is 114 Å². The van der Waals surface area contributed by atoms with Crippen LogP contribution in [0, 0.1) is 0 Å². The number of carbonyl (C=O) groups excluding carboxylic acids is 4. The molecular weight excluding hydrogens is 532 g/mol. The molecular formula is C19H34N8O6S3. The third kappa shape index (κ3) is 14.3. The van der Waals surface area contributed by atoms with Crippen LogP contribution in [0.1, 0.15) is 12.8 Å². The minimum absolute atomic E-state index is 0.0654. The predicted molar refractivity (Wildman–Crippen MR) is 143 cm³/mol. The van der Waals surface area contributed by atoms with E-state index in [0.717, 1.165) is 24.6 Å². The van der Waals surface area contributed by atoms with E-state index in [1.807, 2.05) is 4.90 Å². The van der Waals surface area contributed by atoms with Gasteiger partial charge < -0.3 is 37.8 Å². The van der Waals surface area contributed by atoms with Crippen LogP contribution in [0.5, 0.6) is 0 Å². The summed E-state index contributed by atoms with van der Waals surface area (Å²) in [6.07, 6.45) is -0.556. The maximum atomic E-state index is 12.7. The van der Waals surface area contributed by atoms with Gasteiger partial charge in [0.2, 0.25) is 23.6 Å². The van der Waals surface area contributed by atoms with E-state index in [0.29, 0.717) is 5.75 Å². The zero-order valence-electron chi connectivity index (χ0n) is 19.7. The van der Waals surface area contributed by atoms with Crippen LogP contribution in [0.15, 0.2) is 4.99 Å². The summed E-state index contributed by atoms with van der Waals surface area (Å²) < 4.78 is 0. The van der Waals surface area contributed by atoms with E-state index in [1.165, 1.54) is 0 Å². The van der Waals surface area contributed by atoms with Crippen molar-refractivity contribution in [1.82, 2.24) is 26.2 Å². The van der Waals surface area contributed by atoms with Crippen molar-refractivity contribution in [3.63, 3.8) is 0 Å². The Balaban J connectivity index is 2.69. The van der Waals surface area contributed by atoms with Gasteiger partial charge in [-0.1, -0.05) is 21.6 Å². The summed E-state index contributed by atoms with van der Waals surface area (Å²) in [6.45, 7) is 1.33. The zero-order chi connectivity index (χ0) is 26.9. The first-order valence-corrected chi connectivity index (χ1v) is 14.2. The summed E-state index contributed by atoms with van der Waals surface area (Å²) in [7, 11) is 3.49. The van der Waals surface area contributed by atoms with Crippen LogP contribution in [0.2, 0.25) is 0 Å². The second kappa shape index (κ2) is 18.0. The van der Waals surface area contributed by atoms with Crippen LogP contribution in [0.3, 0.4) is 0 Å². The number of carboxylic acid groups (broad SMARTS) is 1. The molecule has 1 saturated heterocycles. The van der Waals surface area contributed by atoms with Crippen LogP contribution in [0.4, 0.5) is 0 Å². The lowest BCUT2D eigenvalue weighted by molar-refractivity contribution is -0.140. The molecule has 0 aromatic carbocycles. The Kier molecular flexibility index (Phi) is 15.8. The molecule has 204 valence electrons. The van der Waals surface area contributed by atoms with Gasteiger partial charge in [0, 0.05) is 43.4 Å². The molecule has 0 saturated carbocycles. The number of nitrogens with one attached hydrogen (secondary N) is 4. The molecule has 0 bridgehead atoms. The van der Waals surface area contributed by atoms with Crippen molar-refractivity contribution in [3.8, 4) is 0 Å². The minimum atomic E-state index is -1.32. The average molecular weight is 567 g/mol. The molecule has 4 amide bonds. The Morgan fingerprint density at radius 2 is 1.58 bits per heavy atom. The molecule has 0 aromatic heterocycles. The molecule has 0 aliphatic carbocycles. The highest BCUT2D eigenvalue weighted by Crippen LogP contribution is 2.23. The van der Waals surface area contributed by atoms with Gasteiger partial charge in [0.25, 0.3) is 0 Å². The number of thiol groups is 1. The lowest BCUT2D eigenvalue weighted by Gasteiger charge is -2.22. The average Bonchev–Trinajstić information content (AvgIpc) is 3.07. The number of carbonyl (C=O) groups is 5. The van der Waals surface area contributed by atoms with Crippen molar-refractivity contribution in [2.24, 2.45) is 16.5 Å². The molecule has 1 fully saturated rings. The molecule has 0 spiro atoms. The lowest BCUT2D eigenvalue weighted by atomic mass is 10.1. The number of aliphatic imine (C=N–C) groups is 1. The topological polar surface area (TPSA) is 221 Å². The van der Waals surface area contributed by atoms with Crippen molar-refractivity contribution in [2.75, 3.05) is 56.5 Å². The van der Waals surface area contributed by atoms with Gasteiger partial charge in [-0.25, -0.2) is 0 Å². The fourth-order valence-corrected chi connectivity index (χ4v) is 5.14. The van der Waals surface area contributed by atoms with Gasteiger partial charge in [0.05, 0.1) is 19.5 Å². The van der Waals surface area contributed by atoms with Crippen LogP contribution >= 0.6 is 34.2 Å². The Morgan fingerprint density at radius 1 is 0.972 bits per heavy atom. The molecule has 14 nitrogen and oxygen atoms in total. The first-order chi connectivity index (χ1) is 17.1. The third-order valence-corrected chi connectivity index (χ3v) is 7.25. The molecule has 1 rings (SSSR count). The Bertz CT molecular complexity index is 791. The quantitative estimate of drug-likeness (QED) is 0.0430. The molecule has 0 aromatic rings. The molecule has 0 radical (unpaired) electrons. The number of hydrogen-bond acceptors (Lipinski definition) is 10. The normalized spacial score (nSPS) is 15.5. The fraction of sp³-hybridized carbons (Fsp3) is 0.684. The Labute approximate surface area is 222 Å². The molecule has 1 heterocycles. The first kappa shape index (κ1) is 31.7. The van der Waals surface area contributed by atoms with Gasteiger partial charge in [-0.3, -0.25) is 33.9 Å². The minimum Gasteiger partial charge on any atom is -0.481 e. The second-order valence-corrected chi connectivity index (χ2v) is 10.7. The van der Waals surface area contributed by atoms with Crippen molar-refractivity contribution >= 4 is 69.8 Å². The highest BCUT2D eigenvalue weighted by molar-refractivity contribution is 8.76. The van der Waals surface area contributed by atoms with Gasteiger partial charge in [-0.2, -0.15) is 12.6 Å². The van der Waals surface area contributed by atoms with E-state index < -0.39 is 48.7 Å². The summed E-state index contributed by atoms with van der Waals surface area (Å²) in [6, 6.07) is -2.34. The molecule has 36 heavy (non-hydrogen) atoms. The number of hydrogen-bond donors (Lipinski definition) is 8. The van der Waals surface area contributed by atoms with Crippen LogP contribution < -0.4 is 32.7 Å². The monoisotopic (exact) mass is 566 g/mol. The maximum Gasteiger partial charge on any atom is 0.305 e. The molecule has 0 unspecified atom stereocenters. The van der Waals surface area contributed by atoms with E-state index in [4.69, 9.17) is 16.6 Å². The number of aliphatic carboxylic acids is 1. The molecule has 1 aliphatic heterocycles. The van der Waals surface area contributed by atoms with E-state index in [-0.39, 0.29) is 37.9 Å². The third-order valence-electron chi connectivity index (χ3n) is 4.66. The van der Waals surface area contributed by atoms with E-state index in [9.17, 15) is 24.0 Å². The van der Waals surface area contributed by atoms with Gasteiger partial charge in [-0.05, 0) is 6.42 Å². The summed E-state index contributed by atoms with van der Waals surface area (Å²) >= 11 is 3.96. The highest BCUT2D eigenvalue weighted by Gasteiger charge is 2.25. The molecule has 1 aliphatic rings. The summed E-state index contributed by atoms with van der Waals surface area (Å²) in [5.74, 6) is -1.81. The Morgan fingerprint density at radius 3 is 2.17 bits per heavy atom. The summed E-state index contributed by atoms with van der Waals surface area (Å²) in [4.78, 5) is 66.6. The predicted octanol–water partition coefficient (Wildman–Crippen LogP) is -3.05. The number of nitrogens with two attached hydrogens (primary N) is 2. The zero-order valence-corrected chi connectivity index (χ0v) is 22.3. The highest BCUT2D eigenvalue weighted by atomic mass is 33.1. The molecule has 2 atom stereocenters. The second-order valence-electron chi connectivity index (χ2n) is 7.59. The fourth-order valence-electron chi connectivity index (χ4n) is 2.98. The van der Waals surface area contributed by atoms with Crippen molar-refractivity contribution in [3.05, 3.63) is 0 Å². The smallest absolute Gasteiger partial charge is 0.305 e. The Hall–Kier alpha value is -2.37. The van der Waals surface area contributed by atoms with Crippen molar-refractivity contribution in [2.45, 2.75) is 24.9 Å². The first-order valence-electron chi connectivity index (χ1n) is 11.1. The van der Waals surface area contributed by atoms with E-state index >= 15 is 0 Å². The maximum absolute atomic E-state index is 12.7. The van der Waals surface area contributed by atoms with Crippen molar-refractivity contribution in [1.29, 1.82) is 0 Å². The molecule has 17 heteroatoms. The van der Waals surface area contributed by atoms with E-state index in [1.54, 1.807) is 21.6 Å². The number of rotatable bonds is 15. The number of nitrogens with zero attached hydrogens (tertiary/aromatic N) is 2. The van der Waals surface area contributed by atoms with Crippen LogP contribution in [-0.2, 0) is 24.0 Å². The van der Waals surface area contributed by atoms with Gasteiger partial charge in [-0.15, -0.1) is 0 Å². The number of carboxylic acids is 1. The van der Waals surface area contributed by atoms with Crippen LogP contribution in [0.25, 0.3) is 0 Å². The number of amides is 4. The summed E-state index contributed by atoms with van der Waals surface area (Å²) in [5.41, 5.74) is 10.7. The van der Waals surface area contributed by atoms with Crippen molar-refractivity contribution < 1.29 is 29.1 Å². The SMILES string of the molecule is NC(N)=NCC[C@@H](NC(=O)CN1CCSSCC1)C(=O)NCC(=O)N[C@@H](CC(=O)O)C(=O)NCCS. The largest absolute Gasteiger partial charge is 0.481 e.